The second-order valence-corrected chi connectivity index (χ2v) is 7.33. The summed E-state index contributed by atoms with van der Waals surface area (Å²) in [5.74, 6) is 0.727. The average Bonchev–Trinajstić information content (AvgIpc) is 3.32. The summed E-state index contributed by atoms with van der Waals surface area (Å²) >= 11 is 4.96. The Morgan fingerprint density at radius 1 is 0.960 bits per heavy atom. The van der Waals surface area contributed by atoms with Crippen molar-refractivity contribution in [3.8, 4) is 10.6 Å². The van der Waals surface area contributed by atoms with E-state index in [9.17, 15) is 0 Å². The maximum Gasteiger partial charge on any atom is 0.235 e. The Balaban J connectivity index is 1.55. The second-order valence-electron chi connectivity index (χ2n) is 5.46. The molecule has 0 aliphatic heterocycles. The van der Waals surface area contributed by atoms with Crippen molar-refractivity contribution in [1.29, 1.82) is 0 Å². The van der Waals surface area contributed by atoms with Gasteiger partial charge in [0.25, 0.3) is 0 Å². The van der Waals surface area contributed by atoms with Gasteiger partial charge in [-0.15, -0.1) is 15.3 Å². The first-order chi connectivity index (χ1) is 12.3. The van der Waals surface area contributed by atoms with Gasteiger partial charge in [0, 0.05) is 10.0 Å². The summed E-state index contributed by atoms with van der Waals surface area (Å²) in [6.45, 7) is 0.463. The van der Waals surface area contributed by atoms with Gasteiger partial charge in [-0.3, -0.25) is 0 Å². The third-order valence-electron chi connectivity index (χ3n) is 3.86. The summed E-state index contributed by atoms with van der Waals surface area (Å²) in [6, 6.07) is 15.9. The van der Waals surface area contributed by atoms with E-state index in [1.807, 2.05) is 53.2 Å². The molecule has 122 valence electrons. The molecule has 0 unspecified atom stereocenters. The first-order valence-electron chi connectivity index (χ1n) is 7.53. The van der Waals surface area contributed by atoms with E-state index in [1.54, 1.807) is 4.52 Å². The van der Waals surface area contributed by atoms with Gasteiger partial charge in [0.05, 0.1) is 5.52 Å². The van der Waals surface area contributed by atoms with Crippen LogP contribution < -0.4 is 0 Å². The molecule has 2 aromatic carbocycles. The highest BCUT2D eigenvalue weighted by Crippen LogP contribution is 2.26. The fraction of sp³-hybridized carbons (Fsp3) is 0.0625. The SMILES string of the molecule is Brc1ccc(-c2nn3c(Cn4nnc5ccccc54)nnc3s2)cc1. The Kier molecular flexibility index (Phi) is 3.35. The van der Waals surface area contributed by atoms with Crippen LogP contribution in [0.1, 0.15) is 5.82 Å². The van der Waals surface area contributed by atoms with Crippen LogP contribution in [-0.2, 0) is 6.54 Å². The van der Waals surface area contributed by atoms with Crippen LogP contribution >= 0.6 is 27.3 Å². The van der Waals surface area contributed by atoms with Crippen molar-refractivity contribution in [2.45, 2.75) is 6.54 Å². The van der Waals surface area contributed by atoms with Crippen LogP contribution in [0.15, 0.2) is 53.0 Å². The molecule has 0 bridgehead atoms. The van der Waals surface area contributed by atoms with Crippen LogP contribution in [0.5, 0.6) is 0 Å². The molecule has 0 N–H and O–H groups in total. The lowest BCUT2D eigenvalue weighted by Crippen LogP contribution is -2.06. The minimum atomic E-state index is 0.463. The topological polar surface area (TPSA) is 73.8 Å². The van der Waals surface area contributed by atoms with Crippen molar-refractivity contribution in [3.63, 3.8) is 0 Å². The number of halogens is 1. The fourth-order valence-corrected chi connectivity index (χ4v) is 3.76. The smallest absolute Gasteiger partial charge is 0.235 e. The van der Waals surface area contributed by atoms with Crippen molar-refractivity contribution in [3.05, 3.63) is 58.8 Å². The normalized spacial score (nSPS) is 11.6. The van der Waals surface area contributed by atoms with Gasteiger partial charge in [-0.2, -0.15) is 9.61 Å². The number of hydrogen-bond donors (Lipinski definition) is 0. The highest BCUT2D eigenvalue weighted by molar-refractivity contribution is 9.10. The largest absolute Gasteiger partial charge is 0.237 e. The van der Waals surface area contributed by atoms with E-state index < -0.39 is 0 Å². The highest BCUT2D eigenvalue weighted by Gasteiger charge is 2.15. The zero-order chi connectivity index (χ0) is 16.8. The fourth-order valence-electron chi connectivity index (χ4n) is 2.63. The van der Waals surface area contributed by atoms with Gasteiger partial charge in [0.15, 0.2) is 5.82 Å². The number of fused-ring (bicyclic) bond motifs is 2. The van der Waals surface area contributed by atoms with Crippen LogP contribution in [0, 0.1) is 0 Å². The van der Waals surface area contributed by atoms with E-state index in [0.717, 1.165) is 36.9 Å². The number of rotatable bonds is 3. The second kappa shape index (κ2) is 5.71. The molecule has 25 heavy (non-hydrogen) atoms. The third kappa shape index (κ3) is 2.52. The van der Waals surface area contributed by atoms with Gasteiger partial charge in [-0.1, -0.05) is 56.7 Å². The monoisotopic (exact) mass is 411 g/mol. The molecule has 3 heterocycles. The molecule has 7 nitrogen and oxygen atoms in total. The molecule has 0 aliphatic carbocycles. The van der Waals surface area contributed by atoms with Gasteiger partial charge < -0.3 is 0 Å². The molecule has 9 heteroatoms. The first kappa shape index (κ1) is 14.7. The van der Waals surface area contributed by atoms with E-state index in [2.05, 4.69) is 41.5 Å². The quantitative estimate of drug-likeness (QED) is 0.454. The number of hydrogen-bond acceptors (Lipinski definition) is 6. The Bertz CT molecular complexity index is 1190. The Morgan fingerprint density at radius 2 is 1.80 bits per heavy atom. The summed E-state index contributed by atoms with van der Waals surface area (Å²) in [4.78, 5) is 0.761. The van der Waals surface area contributed by atoms with E-state index in [0.29, 0.717) is 6.54 Å². The molecule has 0 amide bonds. The lowest BCUT2D eigenvalue weighted by molar-refractivity contribution is 0.628. The van der Waals surface area contributed by atoms with Gasteiger partial charge in [0.2, 0.25) is 4.96 Å². The summed E-state index contributed by atoms with van der Waals surface area (Å²) in [6.07, 6.45) is 0. The highest BCUT2D eigenvalue weighted by atomic mass is 79.9. The minimum Gasteiger partial charge on any atom is -0.237 e. The van der Waals surface area contributed by atoms with Crippen LogP contribution in [0.25, 0.3) is 26.6 Å². The Hall–Kier alpha value is -2.65. The van der Waals surface area contributed by atoms with E-state index in [-0.39, 0.29) is 0 Å². The van der Waals surface area contributed by atoms with Crippen molar-refractivity contribution in [2.75, 3.05) is 0 Å². The maximum absolute atomic E-state index is 4.67. The Labute approximate surface area is 154 Å². The summed E-state index contributed by atoms with van der Waals surface area (Å²) in [5, 5.41) is 22.4. The van der Waals surface area contributed by atoms with Crippen molar-refractivity contribution in [1.82, 2.24) is 34.8 Å². The molecule has 5 rings (SSSR count). The molecule has 0 aliphatic rings. The Morgan fingerprint density at radius 3 is 2.68 bits per heavy atom. The number of nitrogens with zero attached hydrogens (tertiary/aromatic N) is 7. The van der Waals surface area contributed by atoms with Crippen LogP contribution in [-0.4, -0.2) is 34.8 Å². The van der Waals surface area contributed by atoms with E-state index in [4.69, 9.17) is 0 Å². The van der Waals surface area contributed by atoms with Crippen LogP contribution in [0.4, 0.5) is 0 Å². The standard InChI is InChI=1S/C16H10BrN7S/c17-11-7-5-10(6-8-11)15-21-24-14(19-20-16(24)25-15)9-23-13-4-2-1-3-12(13)18-22-23/h1-8H,9H2. The third-order valence-corrected chi connectivity index (χ3v) is 5.33. The molecule has 0 spiro atoms. The first-order valence-corrected chi connectivity index (χ1v) is 9.14. The summed E-state index contributed by atoms with van der Waals surface area (Å²) < 4.78 is 4.63. The number of aromatic nitrogens is 7. The molecule has 5 aromatic rings. The molecule has 3 aromatic heterocycles. The zero-order valence-corrected chi connectivity index (χ0v) is 15.1. The lowest BCUT2D eigenvalue weighted by Gasteiger charge is -1.99. The van der Waals surface area contributed by atoms with E-state index in [1.165, 1.54) is 11.3 Å². The van der Waals surface area contributed by atoms with Crippen LogP contribution in [0.2, 0.25) is 0 Å². The molecular formula is C16H10BrN7S. The maximum atomic E-state index is 4.67. The summed E-state index contributed by atoms with van der Waals surface area (Å²) in [7, 11) is 0. The minimum absolute atomic E-state index is 0.463. The van der Waals surface area contributed by atoms with Gasteiger partial charge >= 0.3 is 0 Å². The van der Waals surface area contributed by atoms with Crippen LogP contribution in [0.3, 0.4) is 0 Å². The molecule has 0 saturated carbocycles. The average molecular weight is 412 g/mol. The van der Waals surface area contributed by atoms with Crippen molar-refractivity contribution >= 4 is 43.3 Å². The molecule has 0 radical (unpaired) electrons. The van der Waals surface area contributed by atoms with Gasteiger partial charge in [-0.05, 0) is 24.3 Å². The predicted molar refractivity (Wildman–Crippen MR) is 98.4 cm³/mol. The molecule has 0 atom stereocenters. The van der Waals surface area contributed by atoms with Crippen molar-refractivity contribution < 1.29 is 0 Å². The number of para-hydroxylation sites is 1. The molecular weight excluding hydrogens is 402 g/mol. The van der Waals surface area contributed by atoms with Gasteiger partial charge in [0.1, 0.15) is 17.1 Å². The predicted octanol–water partition coefficient (Wildman–Crippen LogP) is 3.41. The molecule has 0 fully saturated rings. The van der Waals surface area contributed by atoms with Gasteiger partial charge in [-0.25, -0.2) is 4.68 Å². The lowest BCUT2D eigenvalue weighted by atomic mass is 10.2. The summed E-state index contributed by atoms with van der Waals surface area (Å²) in [5.41, 5.74) is 2.87. The molecule has 0 saturated heterocycles. The number of benzene rings is 2. The van der Waals surface area contributed by atoms with E-state index >= 15 is 0 Å². The van der Waals surface area contributed by atoms with Crippen molar-refractivity contribution in [2.24, 2.45) is 0 Å². The zero-order valence-electron chi connectivity index (χ0n) is 12.7.